The zero-order chi connectivity index (χ0) is 16.7. The van der Waals surface area contributed by atoms with Crippen LogP contribution in [0.4, 0.5) is 0 Å². The molecule has 0 radical (unpaired) electrons. The van der Waals surface area contributed by atoms with Crippen LogP contribution in [0.2, 0.25) is 0 Å². The third-order valence-corrected chi connectivity index (χ3v) is 6.79. The number of carbonyl (C=O) groups is 1. The lowest BCUT2D eigenvalue weighted by atomic mass is 9.48. The summed E-state index contributed by atoms with van der Waals surface area (Å²) in [6.45, 7) is 2.85. The summed E-state index contributed by atoms with van der Waals surface area (Å²) in [6, 6.07) is 0. The smallest absolute Gasteiger partial charge is 0.243 e. The molecule has 4 fully saturated rings. The Balaban J connectivity index is 1.36. The summed E-state index contributed by atoms with van der Waals surface area (Å²) in [6.07, 6.45) is 14.7. The highest BCUT2D eigenvalue weighted by molar-refractivity contribution is 5.88. The van der Waals surface area contributed by atoms with E-state index in [1.165, 1.54) is 44.1 Å². The highest BCUT2D eigenvalue weighted by atomic mass is 16.1. The molecule has 1 aromatic heterocycles. The first-order chi connectivity index (χ1) is 11.5. The van der Waals surface area contributed by atoms with Crippen LogP contribution in [0.25, 0.3) is 0 Å². The van der Waals surface area contributed by atoms with Crippen LogP contribution in [0.1, 0.15) is 51.3 Å². The highest BCUT2D eigenvalue weighted by Gasteiger charge is 2.51. The zero-order valence-electron chi connectivity index (χ0n) is 14.9. The Bertz CT molecular complexity index is 622. The average Bonchev–Trinajstić information content (AvgIpc) is 2.91. The van der Waals surface area contributed by atoms with Crippen molar-refractivity contribution in [3.05, 3.63) is 29.9 Å². The molecular weight excluding hydrogens is 298 g/mol. The molecule has 0 unspecified atom stereocenters. The van der Waals surface area contributed by atoms with Crippen molar-refractivity contribution in [1.82, 2.24) is 14.9 Å². The van der Waals surface area contributed by atoms with Gasteiger partial charge in [0.15, 0.2) is 0 Å². The van der Waals surface area contributed by atoms with E-state index < -0.39 is 0 Å². The number of allylic oxidation sites excluding steroid dienone is 1. The van der Waals surface area contributed by atoms with Gasteiger partial charge in [-0.1, -0.05) is 5.57 Å². The Morgan fingerprint density at radius 2 is 1.92 bits per heavy atom. The van der Waals surface area contributed by atoms with Gasteiger partial charge >= 0.3 is 0 Å². The molecule has 4 nitrogen and oxygen atoms in total. The fourth-order valence-electron chi connectivity index (χ4n) is 5.93. The first-order valence-electron chi connectivity index (χ1n) is 9.47. The molecule has 4 bridgehead atoms. The second kappa shape index (κ2) is 6.05. The molecule has 0 aromatic carbocycles. The minimum Gasteiger partial charge on any atom is -0.352 e. The lowest BCUT2D eigenvalue weighted by Gasteiger charge is -2.57. The van der Waals surface area contributed by atoms with Crippen LogP contribution < -0.4 is 5.32 Å². The lowest BCUT2D eigenvalue weighted by Crippen LogP contribution is -2.46. The van der Waals surface area contributed by atoms with Gasteiger partial charge in [-0.25, -0.2) is 4.98 Å². The number of carbonyl (C=O) groups excluding carboxylic acids is 1. The number of hydrogen-bond donors (Lipinski definition) is 1. The Hall–Kier alpha value is -1.58. The largest absolute Gasteiger partial charge is 0.352 e. The third kappa shape index (κ3) is 2.91. The van der Waals surface area contributed by atoms with E-state index in [1.54, 1.807) is 6.20 Å². The SMILES string of the molecule is C/C(=C/C(=O)NCCc1nccn1C)C12CC3CC(CC(C3)C1)C2. The first kappa shape index (κ1) is 15.9. The second-order valence-electron chi connectivity index (χ2n) is 8.52. The van der Waals surface area contributed by atoms with E-state index in [-0.39, 0.29) is 5.91 Å². The Labute approximate surface area is 144 Å². The topological polar surface area (TPSA) is 46.9 Å². The van der Waals surface area contributed by atoms with E-state index in [0.717, 1.165) is 30.0 Å². The predicted octanol–water partition coefficient (Wildman–Crippen LogP) is 3.24. The molecule has 0 saturated heterocycles. The molecule has 4 aliphatic rings. The van der Waals surface area contributed by atoms with Gasteiger partial charge in [-0.05, 0) is 68.6 Å². The van der Waals surface area contributed by atoms with Gasteiger partial charge in [-0.15, -0.1) is 0 Å². The highest BCUT2D eigenvalue weighted by Crippen LogP contribution is 2.62. The lowest BCUT2D eigenvalue weighted by molar-refractivity contribution is -0.116. The van der Waals surface area contributed by atoms with E-state index in [1.807, 2.05) is 23.9 Å². The Kier molecular flexibility index (Phi) is 4.01. The summed E-state index contributed by atoms with van der Waals surface area (Å²) in [5, 5.41) is 3.04. The van der Waals surface area contributed by atoms with Gasteiger partial charge in [0.2, 0.25) is 5.91 Å². The van der Waals surface area contributed by atoms with Crippen LogP contribution in [0.15, 0.2) is 24.0 Å². The predicted molar refractivity (Wildman–Crippen MR) is 94.3 cm³/mol. The third-order valence-electron chi connectivity index (χ3n) is 6.79. The van der Waals surface area contributed by atoms with Crippen LogP contribution in [0.5, 0.6) is 0 Å². The van der Waals surface area contributed by atoms with E-state index in [2.05, 4.69) is 17.2 Å². The quantitative estimate of drug-likeness (QED) is 0.844. The van der Waals surface area contributed by atoms with Crippen molar-refractivity contribution >= 4 is 5.91 Å². The minimum atomic E-state index is 0.0671. The molecular formula is C20H29N3O. The summed E-state index contributed by atoms with van der Waals surface area (Å²) in [5.74, 6) is 3.85. The van der Waals surface area contributed by atoms with E-state index in [0.29, 0.717) is 12.0 Å². The number of rotatable bonds is 5. The summed E-state index contributed by atoms with van der Waals surface area (Å²) in [5.41, 5.74) is 1.67. The molecule has 5 rings (SSSR count). The maximum Gasteiger partial charge on any atom is 0.243 e. The van der Waals surface area contributed by atoms with Gasteiger partial charge in [0.25, 0.3) is 0 Å². The van der Waals surface area contributed by atoms with Gasteiger partial charge in [0.1, 0.15) is 5.82 Å². The normalized spacial score (nSPS) is 34.6. The number of nitrogens with one attached hydrogen (secondary N) is 1. The Morgan fingerprint density at radius 1 is 1.29 bits per heavy atom. The molecule has 1 heterocycles. The number of nitrogens with zero attached hydrogens (tertiary/aromatic N) is 2. The molecule has 0 spiro atoms. The molecule has 4 saturated carbocycles. The van der Waals surface area contributed by atoms with Crippen molar-refractivity contribution < 1.29 is 4.79 Å². The van der Waals surface area contributed by atoms with Crippen molar-refractivity contribution in [1.29, 1.82) is 0 Å². The van der Waals surface area contributed by atoms with Crippen molar-refractivity contribution in [3.63, 3.8) is 0 Å². The van der Waals surface area contributed by atoms with E-state index in [4.69, 9.17) is 0 Å². The molecule has 4 heteroatoms. The summed E-state index contributed by atoms with van der Waals surface area (Å²) in [7, 11) is 1.99. The van der Waals surface area contributed by atoms with Crippen molar-refractivity contribution in [2.24, 2.45) is 30.2 Å². The molecule has 0 aliphatic heterocycles. The van der Waals surface area contributed by atoms with Gasteiger partial charge in [0, 0.05) is 38.5 Å². The molecule has 130 valence electrons. The molecule has 24 heavy (non-hydrogen) atoms. The van der Waals surface area contributed by atoms with Crippen LogP contribution in [-0.2, 0) is 18.3 Å². The fourth-order valence-corrected chi connectivity index (χ4v) is 5.93. The molecule has 1 aromatic rings. The number of aromatic nitrogens is 2. The molecule has 4 aliphatic carbocycles. The maximum atomic E-state index is 12.3. The number of hydrogen-bond acceptors (Lipinski definition) is 2. The molecule has 1 amide bonds. The van der Waals surface area contributed by atoms with Crippen LogP contribution >= 0.6 is 0 Å². The molecule has 1 N–H and O–H groups in total. The Morgan fingerprint density at radius 3 is 2.46 bits per heavy atom. The van der Waals surface area contributed by atoms with Crippen molar-refractivity contribution in [2.45, 2.75) is 51.9 Å². The maximum absolute atomic E-state index is 12.3. The van der Waals surface area contributed by atoms with Gasteiger partial charge in [-0.2, -0.15) is 0 Å². The first-order valence-corrected chi connectivity index (χ1v) is 9.47. The van der Waals surface area contributed by atoms with Gasteiger partial charge in [-0.3, -0.25) is 4.79 Å². The number of aryl methyl sites for hydroxylation is 1. The summed E-state index contributed by atoms with van der Waals surface area (Å²) >= 11 is 0. The average molecular weight is 327 g/mol. The van der Waals surface area contributed by atoms with Crippen LogP contribution in [0.3, 0.4) is 0 Å². The standard InChI is InChI=1S/C20H29N3O/c1-14(7-19(24)22-4-3-18-21-5-6-23(18)2)20-11-15-8-16(12-20)10-17(9-15)13-20/h5-7,15-17H,3-4,8-13H2,1-2H3,(H,22,24)/b14-7-. The molecule has 0 atom stereocenters. The van der Waals surface area contributed by atoms with E-state index >= 15 is 0 Å². The second-order valence-corrected chi connectivity index (χ2v) is 8.52. The van der Waals surface area contributed by atoms with Crippen LogP contribution in [0, 0.1) is 23.2 Å². The van der Waals surface area contributed by atoms with Gasteiger partial charge in [0.05, 0.1) is 0 Å². The van der Waals surface area contributed by atoms with E-state index in [9.17, 15) is 4.79 Å². The van der Waals surface area contributed by atoms with Crippen molar-refractivity contribution in [3.8, 4) is 0 Å². The fraction of sp³-hybridized carbons (Fsp3) is 0.700. The summed E-state index contributed by atoms with van der Waals surface area (Å²) < 4.78 is 2.00. The summed E-state index contributed by atoms with van der Waals surface area (Å²) in [4.78, 5) is 16.6. The van der Waals surface area contributed by atoms with Crippen molar-refractivity contribution in [2.75, 3.05) is 6.54 Å². The monoisotopic (exact) mass is 327 g/mol. The number of imidazole rings is 1. The zero-order valence-corrected chi connectivity index (χ0v) is 14.9. The van der Waals surface area contributed by atoms with Crippen LogP contribution in [-0.4, -0.2) is 22.0 Å². The minimum absolute atomic E-state index is 0.0671. The number of amides is 1. The van der Waals surface area contributed by atoms with Gasteiger partial charge < -0.3 is 9.88 Å².